The Morgan fingerprint density at radius 2 is 1.33 bits per heavy atom. The van der Waals surface area contributed by atoms with E-state index in [1.807, 2.05) is 0 Å². The topological polar surface area (TPSA) is 29.5 Å². The number of aliphatic hydroxyl groups excluding tert-OH is 1. The maximum Gasteiger partial charge on any atom is 0.423 e. The fraction of sp³-hybridized carbons (Fsp3) is 1.00. The molecule has 0 aliphatic heterocycles. The van der Waals surface area contributed by atoms with E-state index in [2.05, 4.69) is 4.74 Å². The second-order valence-electron chi connectivity index (χ2n) is 1.76. The standard InChI is InChI=1S/C4H4F6O2/c5-3(6,7)2(12-1-11)4(8,9)10/h2,11H,1H2. The van der Waals surface area contributed by atoms with Crippen molar-refractivity contribution in [2.24, 2.45) is 0 Å². The van der Waals surface area contributed by atoms with E-state index in [-0.39, 0.29) is 0 Å². The van der Waals surface area contributed by atoms with Gasteiger partial charge in [0.1, 0.15) is 6.79 Å². The van der Waals surface area contributed by atoms with Gasteiger partial charge in [-0.05, 0) is 0 Å². The first kappa shape index (κ1) is 11.5. The summed E-state index contributed by atoms with van der Waals surface area (Å²) in [6.45, 7) is -1.64. The van der Waals surface area contributed by atoms with Crippen molar-refractivity contribution in [1.29, 1.82) is 0 Å². The summed E-state index contributed by atoms with van der Waals surface area (Å²) in [7, 11) is 0. The molecular formula is C4H4F6O2. The lowest BCUT2D eigenvalue weighted by Crippen LogP contribution is -2.44. The summed E-state index contributed by atoms with van der Waals surface area (Å²) < 4.78 is 71.8. The summed E-state index contributed by atoms with van der Waals surface area (Å²) in [6, 6.07) is 0. The zero-order valence-corrected chi connectivity index (χ0v) is 5.41. The van der Waals surface area contributed by atoms with Crippen molar-refractivity contribution in [3.8, 4) is 0 Å². The summed E-state index contributed by atoms with van der Waals surface area (Å²) in [5, 5.41) is 7.74. The molecule has 0 heterocycles. The van der Waals surface area contributed by atoms with Gasteiger partial charge in [-0.1, -0.05) is 0 Å². The monoisotopic (exact) mass is 198 g/mol. The molecule has 0 aliphatic carbocycles. The summed E-state index contributed by atoms with van der Waals surface area (Å²) in [4.78, 5) is 0. The first-order chi connectivity index (χ1) is 5.19. The fourth-order valence-corrected chi connectivity index (χ4v) is 0.449. The molecule has 0 aliphatic rings. The molecule has 0 aromatic carbocycles. The minimum Gasteiger partial charge on any atom is -0.371 e. The molecule has 0 saturated heterocycles. The van der Waals surface area contributed by atoms with Crippen LogP contribution in [0.5, 0.6) is 0 Å². The van der Waals surface area contributed by atoms with E-state index in [1.54, 1.807) is 0 Å². The molecule has 8 heteroatoms. The third-order valence-electron chi connectivity index (χ3n) is 0.836. The molecular weight excluding hydrogens is 194 g/mol. The number of aliphatic hydroxyl groups is 1. The smallest absolute Gasteiger partial charge is 0.371 e. The van der Waals surface area contributed by atoms with Crippen molar-refractivity contribution in [1.82, 2.24) is 0 Å². The van der Waals surface area contributed by atoms with Gasteiger partial charge in [0.05, 0.1) is 0 Å². The van der Waals surface area contributed by atoms with Crippen LogP contribution in [-0.4, -0.2) is 30.4 Å². The van der Waals surface area contributed by atoms with Crippen LogP contribution < -0.4 is 0 Å². The van der Waals surface area contributed by atoms with Gasteiger partial charge < -0.3 is 9.84 Å². The van der Waals surface area contributed by atoms with Gasteiger partial charge in [-0.25, -0.2) is 0 Å². The van der Waals surface area contributed by atoms with E-state index in [9.17, 15) is 26.3 Å². The number of halogens is 6. The maximum absolute atomic E-state index is 11.4. The molecule has 0 aromatic rings. The summed E-state index contributed by atoms with van der Waals surface area (Å²) in [6.07, 6.45) is -15.0. The predicted molar refractivity (Wildman–Crippen MR) is 24.1 cm³/mol. The van der Waals surface area contributed by atoms with Crippen molar-refractivity contribution in [3.63, 3.8) is 0 Å². The van der Waals surface area contributed by atoms with E-state index in [0.29, 0.717) is 0 Å². The first-order valence-electron chi connectivity index (χ1n) is 2.55. The third kappa shape index (κ3) is 3.26. The van der Waals surface area contributed by atoms with Crippen molar-refractivity contribution < 1.29 is 36.2 Å². The van der Waals surface area contributed by atoms with Gasteiger partial charge in [0.2, 0.25) is 0 Å². The first-order valence-corrected chi connectivity index (χ1v) is 2.55. The van der Waals surface area contributed by atoms with Gasteiger partial charge in [-0.15, -0.1) is 0 Å². The van der Waals surface area contributed by atoms with Crippen LogP contribution in [0.1, 0.15) is 0 Å². The van der Waals surface area contributed by atoms with Crippen LogP contribution in [0.3, 0.4) is 0 Å². The molecule has 74 valence electrons. The van der Waals surface area contributed by atoms with Crippen LogP contribution in [-0.2, 0) is 4.74 Å². The Bertz CT molecular complexity index is 123. The van der Waals surface area contributed by atoms with Gasteiger partial charge in [0, 0.05) is 0 Å². The number of hydrogen-bond donors (Lipinski definition) is 1. The highest BCUT2D eigenvalue weighted by molar-refractivity contribution is 4.75. The van der Waals surface area contributed by atoms with Crippen molar-refractivity contribution in [2.75, 3.05) is 6.79 Å². The molecule has 0 rings (SSSR count). The van der Waals surface area contributed by atoms with Gasteiger partial charge in [-0.3, -0.25) is 0 Å². The van der Waals surface area contributed by atoms with E-state index >= 15 is 0 Å². The fourth-order valence-electron chi connectivity index (χ4n) is 0.449. The third-order valence-corrected chi connectivity index (χ3v) is 0.836. The summed E-state index contributed by atoms with van der Waals surface area (Å²) in [5.74, 6) is 0. The minimum atomic E-state index is -5.55. The lowest BCUT2D eigenvalue weighted by molar-refractivity contribution is -0.332. The number of hydrogen-bond acceptors (Lipinski definition) is 2. The molecule has 0 atom stereocenters. The quantitative estimate of drug-likeness (QED) is 0.537. The normalized spacial score (nSPS) is 14.0. The Morgan fingerprint density at radius 1 is 1.00 bits per heavy atom. The molecule has 0 fully saturated rings. The van der Waals surface area contributed by atoms with E-state index in [0.717, 1.165) is 0 Å². The predicted octanol–water partition coefficient (Wildman–Crippen LogP) is 1.45. The highest BCUT2D eigenvalue weighted by Crippen LogP contribution is 2.35. The molecule has 0 amide bonds. The number of ether oxygens (including phenoxy) is 1. The second-order valence-corrected chi connectivity index (χ2v) is 1.76. The Kier molecular flexibility index (Phi) is 3.34. The van der Waals surface area contributed by atoms with Crippen LogP contribution >= 0.6 is 0 Å². The lowest BCUT2D eigenvalue weighted by Gasteiger charge is -2.21. The Morgan fingerprint density at radius 3 is 1.42 bits per heavy atom. The SMILES string of the molecule is OCOC(C(F)(F)F)C(F)(F)F. The van der Waals surface area contributed by atoms with Crippen LogP contribution in [0.15, 0.2) is 0 Å². The van der Waals surface area contributed by atoms with Crippen molar-refractivity contribution >= 4 is 0 Å². The van der Waals surface area contributed by atoms with E-state index < -0.39 is 25.2 Å². The number of rotatable bonds is 2. The minimum absolute atomic E-state index is 1.64. The highest BCUT2D eigenvalue weighted by atomic mass is 19.4. The van der Waals surface area contributed by atoms with Crippen molar-refractivity contribution in [3.05, 3.63) is 0 Å². The average Bonchev–Trinajstić information content (AvgIpc) is 1.77. The Labute approximate surface area is 62.7 Å². The van der Waals surface area contributed by atoms with Crippen LogP contribution in [0, 0.1) is 0 Å². The zero-order chi connectivity index (χ0) is 9.99. The van der Waals surface area contributed by atoms with Crippen LogP contribution in [0.4, 0.5) is 26.3 Å². The molecule has 0 bridgehead atoms. The maximum atomic E-state index is 11.4. The van der Waals surface area contributed by atoms with E-state index in [4.69, 9.17) is 5.11 Å². The lowest BCUT2D eigenvalue weighted by atomic mass is 10.3. The van der Waals surface area contributed by atoms with Crippen LogP contribution in [0.25, 0.3) is 0 Å². The summed E-state index contributed by atoms with van der Waals surface area (Å²) >= 11 is 0. The largest absolute Gasteiger partial charge is 0.423 e. The van der Waals surface area contributed by atoms with Gasteiger partial charge in [0.25, 0.3) is 6.10 Å². The molecule has 0 radical (unpaired) electrons. The van der Waals surface area contributed by atoms with E-state index in [1.165, 1.54) is 0 Å². The molecule has 1 N–H and O–H groups in total. The Balaban J connectivity index is 4.45. The molecule has 0 saturated carbocycles. The highest BCUT2D eigenvalue weighted by Gasteiger charge is 2.57. The summed E-state index contributed by atoms with van der Waals surface area (Å²) in [5.41, 5.74) is 0. The molecule has 0 aromatic heterocycles. The molecule has 12 heavy (non-hydrogen) atoms. The number of alkyl halides is 6. The van der Waals surface area contributed by atoms with Gasteiger partial charge in [0.15, 0.2) is 0 Å². The Hall–Kier alpha value is -0.500. The van der Waals surface area contributed by atoms with Gasteiger partial charge in [-0.2, -0.15) is 26.3 Å². The van der Waals surface area contributed by atoms with Crippen molar-refractivity contribution in [2.45, 2.75) is 18.5 Å². The molecule has 2 nitrogen and oxygen atoms in total. The van der Waals surface area contributed by atoms with Gasteiger partial charge >= 0.3 is 12.4 Å². The molecule has 0 spiro atoms. The second kappa shape index (κ2) is 3.48. The van der Waals surface area contributed by atoms with Crippen LogP contribution in [0.2, 0.25) is 0 Å². The zero-order valence-electron chi connectivity index (χ0n) is 5.41. The molecule has 0 unspecified atom stereocenters. The average molecular weight is 198 g/mol.